The van der Waals surface area contributed by atoms with Crippen LogP contribution in [0, 0.1) is 0 Å². The number of nitrogens with zero attached hydrogens (tertiary/aromatic N) is 2. The summed E-state index contributed by atoms with van der Waals surface area (Å²) in [5.74, 6) is 0.977. The SMILES string of the molecule is COc1ccc2nnc3ccc(O)cc3c2c1. The smallest absolute Gasteiger partial charge is 0.119 e. The fraction of sp³-hybridized carbons (Fsp3) is 0.0769. The number of phenolic OH excluding ortho intramolecular Hbond substituents is 1. The minimum Gasteiger partial charge on any atom is -0.508 e. The van der Waals surface area contributed by atoms with Crippen LogP contribution in [0.3, 0.4) is 0 Å². The normalized spacial score (nSPS) is 10.9. The summed E-state index contributed by atoms with van der Waals surface area (Å²) in [6.07, 6.45) is 0. The average Bonchev–Trinajstić information content (AvgIpc) is 2.38. The number of aromatic nitrogens is 2. The summed E-state index contributed by atoms with van der Waals surface area (Å²) >= 11 is 0. The van der Waals surface area contributed by atoms with E-state index >= 15 is 0 Å². The van der Waals surface area contributed by atoms with Crippen molar-refractivity contribution in [2.45, 2.75) is 0 Å². The Labute approximate surface area is 97.5 Å². The fourth-order valence-electron chi connectivity index (χ4n) is 1.88. The molecule has 1 aromatic heterocycles. The number of hydrogen-bond acceptors (Lipinski definition) is 4. The summed E-state index contributed by atoms with van der Waals surface area (Å²) in [6.45, 7) is 0. The van der Waals surface area contributed by atoms with Crippen molar-refractivity contribution in [3.63, 3.8) is 0 Å². The Kier molecular flexibility index (Phi) is 2.08. The molecule has 0 aliphatic heterocycles. The Balaban J connectivity index is 2.47. The highest BCUT2D eigenvalue weighted by Crippen LogP contribution is 2.27. The number of benzene rings is 2. The second-order valence-corrected chi connectivity index (χ2v) is 3.78. The average molecular weight is 226 g/mol. The van der Waals surface area contributed by atoms with Gasteiger partial charge in [-0.2, -0.15) is 0 Å². The molecule has 2 aromatic carbocycles. The number of ether oxygens (including phenoxy) is 1. The van der Waals surface area contributed by atoms with Gasteiger partial charge >= 0.3 is 0 Å². The molecule has 0 aliphatic rings. The van der Waals surface area contributed by atoms with Gasteiger partial charge in [0.1, 0.15) is 11.5 Å². The quantitative estimate of drug-likeness (QED) is 0.648. The molecule has 0 spiro atoms. The van der Waals surface area contributed by atoms with Crippen molar-refractivity contribution in [3.05, 3.63) is 36.4 Å². The van der Waals surface area contributed by atoms with Gasteiger partial charge in [-0.1, -0.05) is 0 Å². The van der Waals surface area contributed by atoms with Gasteiger partial charge in [-0.3, -0.25) is 0 Å². The van der Waals surface area contributed by atoms with E-state index in [1.54, 1.807) is 25.3 Å². The Morgan fingerprint density at radius 3 is 2.29 bits per heavy atom. The van der Waals surface area contributed by atoms with E-state index in [0.717, 1.165) is 27.6 Å². The number of rotatable bonds is 1. The van der Waals surface area contributed by atoms with Crippen LogP contribution in [0.15, 0.2) is 36.4 Å². The summed E-state index contributed by atoms with van der Waals surface area (Å²) in [5.41, 5.74) is 1.53. The molecule has 1 heterocycles. The van der Waals surface area contributed by atoms with Crippen LogP contribution < -0.4 is 4.74 Å². The highest BCUT2D eigenvalue weighted by Gasteiger charge is 2.05. The lowest BCUT2D eigenvalue weighted by molar-refractivity contribution is 0.415. The first-order valence-corrected chi connectivity index (χ1v) is 5.21. The Morgan fingerprint density at radius 1 is 0.941 bits per heavy atom. The second-order valence-electron chi connectivity index (χ2n) is 3.78. The lowest BCUT2D eigenvalue weighted by atomic mass is 10.1. The van der Waals surface area contributed by atoms with Gasteiger partial charge in [0, 0.05) is 10.8 Å². The molecule has 0 fully saturated rings. The summed E-state index contributed by atoms with van der Waals surface area (Å²) in [7, 11) is 1.62. The van der Waals surface area contributed by atoms with Gasteiger partial charge in [-0.25, -0.2) is 0 Å². The van der Waals surface area contributed by atoms with Gasteiger partial charge in [-0.15, -0.1) is 10.2 Å². The minimum atomic E-state index is 0.217. The van der Waals surface area contributed by atoms with E-state index in [1.807, 2.05) is 18.2 Å². The van der Waals surface area contributed by atoms with Crippen LogP contribution in [-0.4, -0.2) is 22.4 Å². The van der Waals surface area contributed by atoms with Crippen molar-refractivity contribution >= 4 is 21.8 Å². The van der Waals surface area contributed by atoms with Crippen molar-refractivity contribution in [1.82, 2.24) is 10.2 Å². The Bertz CT molecular complexity index is 710. The molecule has 0 bridgehead atoms. The Hall–Kier alpha value is -2.36. The number of aromatic hydroxyl groups is 1. The molecule has 3 rings (SSSR count). The maximum Gasteiger partial charge on any atom is 0.119 e. The number of methoxy groups -OCH3 is 1. The zero-order chi connectivity index (χ0) is 11.8. The molecule has 0 unspecified atom stereocenters. The van der Waals surface area contributed by atoms with Crippen molar-refractivity contribution < 1.29 is 9.84 Å². The van der Waals surface area contributed by atoms with Crippen LogP contribution in [0.25, 0.3) is 21.8 Å². The molecule has 4 nitrogen and oxygen atoms in total. The molecule has 0 aliphatic carbocycles. The van der Waals surface area contributed by atoms with Crippen molar-refractivity contribution in [2.24, 2.45) is 0 Å². The first-order valence-electron chi connectivity index (χ1n) is 5.21. The Morgan fingerprint density at radius 2 is 1.59 bits per heavy atom. The predicted molar refractivity (Wildman–Crippen MR) is 65.3 cm³/mol. The van der Waals surface area contributed by atoms with E-state index in [4.69, 9.17) is 4.74 Å². The molecule has 0 radical (unpaired) electrons. The number of hydrogen-bond donors (Lipinski definition) is 1. The summed E-state index contributed by atoms with van der Waals surface area (Å²) < 4.78 is 5.19. The zero-order valence-corrected chi connectivity index (χ0v) is 9.21. The van der Waals surface area contributed by atoms with Crippen LogP contribution in [0.4, 0.5) is 0 Å². The molecule has 0 saturated heterocycles. The zero-order valence-electron chi connectivity index (χ0n) is 9.21. The van der Waals surface area contributed by atoms with Crippen molar-refractivity contribution in [3.8, 4) is 11.5 Å². The molecular weight excluding hydrogens is 216 g/mol. The first kappa shape index (κ1) is 9.84. The molecule has 0 atom stereocenters. The third kappa shape index (κ3) is 1.54. The third-order valence-electron chi connectivity index (χ3n) is 2.74. The second kappa shape index (κ2) is 3.59. The number of fused-ring (bicyclic) bond motifs is 3. The molecular formula is C13H10N2O2. The van der Waals surface area contributed by atoms with E-state index in [9.17, 15) is 5.11 Å². The van der Waals surface area contributed by atoms with Crippen LogP contribution in [0.2, 0.25) is 0 Å². The molecule has 0 saturated carbocycles. The van der Waals surface area contributed by atoms with E-state index in [-0.39, 0.29) is 5.75 Å². The van der Waals surface area contributed by atoms with Crippen LogP contribution in [-0.2, 0) is 0 Å². The minimum absolute atomic E-state index is 0.217. The van der Waals surface area contributed by atoms with Gasteiger partial charge in [0.25, 0.3) is 0 Å². The first-order chi connectivity index (χ1) is 8.28. The molecule has 0 amide bonds. The van der Waals surface area contributed by atoms with Gasteiger partial charge in [0.2, 0.25) is 0 Å². The summed E-state index contributed by atoms with van der Waals surface area (Å²) in [5, 5.41) is 19.6. The maximum atomic E-state index is 9.54. The number of phenols is 1. The van der Waals surface area contributed by atoms with Gasteiger partial charge in [-0.05, 0) is 36.4 Å². The lowest BCUT2D eigenvalue weighted by Gasteiger charge is -2.04. The van der Waals surface area contributed by atoms with E-state index in [0.29, 0.717) is 0 Å². The van der Waals surface area contributed by atoms with Crippen LogP contribution >= 0.6 is 0 Å². The van der Waals surface area contributed by atoms with E-state index < -0.39 is 0 Å². The molecule has 84 valence electrons. The largest absolute Gasteiger partial charge is 0.508 e. The topological polar surface area (TPSA) is 55.2 Å². The van der Waals surface area contributed by atoms with Crippen LogP contribution in [0.5, 0.6) is 11.5 Å². The van der Waals surface area contributed by atoms with Gasteiger partial charge in [0.05, 0.1) is 18.1 Å². The van der Waals surface area contributed by atoms with Gasteiger partial charge < -0.3 is 9.84 Å². The highest BCUT2D eigenvalue weighted by atomic mass is 16.5. The summed E-state index contributed by atoms with van der Waals surface area (Å²) in [6, 6.07) is 10.6. The molecule has 3 aromatic rings. The lowest BCUT2D eigenvalue weighted by Crippen LogP contribution is -1.89. The maximum absolute atomic E-state index is 9.54. The standard InChI is InChI=1S/C13H10N2O2/c1-17-9-3-5-13-11(7-9)10-6-8(16)2-4-12(10)14-15-13/h2-7,16H,1H3. The van der Waals surface area contributed by atoms with Crippen molar-refractivity contribution in [2.75, 3.05) is 7.11 Å². The molecule has 1 N–H and O–H groups in total. The van der Waals surface area contributed by atoms with E-state index in [2.05, 4.69) is 10.2 Å². The predicted octanol–water partition coefficient (Wildman–Crippen LogP) is 2.50. The van der Waals surface area contributed by atoms with Crippen LogP contribution in [0.1, 0.15) is 0 Å². The third-order valence-corrected chi connectivity index (χ3v) is 2.74. The summed E-state index contributed by atoms with van der Waals surface area (Å²) in [4.78, 5) is 0. The van der Waals surface area contributed by atoms with Crippen molar-refractivity contribution in [1.29, 1.82) is 0 Å². The van der Waals surface area contributed by atoms with E-state index in [1.165, 1.54) is 0 Å². The highest BCUT2D eigenvalue weighted by molar-refractivity contribution is 6.04. The van der Waals surface area contributed by atoms with Gasteiger partial charge in [0.15, 0.2) is 0 Å². The fourth-order valence-corrected chi connectivity index (χ4v) is 1.88. The molecule has 17 heavy (non-hydrogen) atoms. The molecule has 4 heteroatoms. The monoisotopic (exact) mass is 226 g/mol.